The Morgan fingerprint density at radius 1 is 1.45 bits per heavy atom. The molecule has 0 atom stereocenters. The number of aromatic nitrogens is 1. The van der Waals surface area contributed by atoms with E-state index in [1.165, 1.54) is 17.5 Å². The highest BCUT2D eigenvalue weighted by molar-refractivity contribution is 7.14. The molecule has 0 aliphatic carbocycles. The fourth-order valence-corrected chi connectivity index (χ4v) is 3.01. The number of rotatable bonds is 5. The predicted molar refractivity (Wildman–Crippen MR) is 86.6 cm³/mol. The number of pyridine rings is 1. The molecule has 1 N–H and O–H groups in total. The monoisotopic (exact) mass is 338 g/mol. The van der Waals surface area contributed by atoms with Crippen molar-refractivity contribution in [3.05, 3.63) is 44.9 Å². The van der Waals surface area contributed by atoms with Crippen molar-refractivity contribution >= 4 is 40.5 Å². The number of carbonyl (C=O) groups excluding carboxylic acids is 2. The van der Waals surface area contributed by atoms with Crippen LogP contribution in [0.3, 0.4) is 0 Å². The molecular weight excluding hydrogens is 324 g/mol. The van der Waals surface area contributed by atoms with Gasteiger partial charge in [0, 0.05) is 11.1 Å². The Balaban J connectivity index is 1.90. The number of nitrogens with one attached hydrogen (secondary N) is 1. The molecule has 0 radical (unpaired) electrons. The molecule has 116 valence electrons. The van der Waals surface area contributed by atoms with Crippen LogP contribution in [0.15, 0.2) is 24.4 Å². The van der Waals surface area contributed by atoms with Crippen molar-refractivity contribution in [2.24, 2.45) is 0 Å². The second kappa shape index (κ2) is 7.38. The Hall–Kier alpha value is -1.92. The Morgan fingerprint density at radius 2 is 2.23 bits per heavy atom. The highest BCUT2D eigenvalue weighted by Crippen LogP contribution is 2.23. The molecule has 2 aromatic heterocycles. The molecule has 22 heavy (non-hydrogen) atoms. The molecule has 1 amide bonds. The standard InChI is InChI=1S/C15H15ClN2O3S/c1-3-11-9(2)7-12(22-11)15(20)21-8-13(19)18-10-5-4-6-17-14(10)16/h4-7H,3,8H2,1-2H3,(H,18,19). The summed E-state index contributed by atoms with van der Waals surface area (Å²) in [6.45, 7) is 3.60. The van der Waals surface area contributed by atoms with Gasteiger partial charge in [0.15, 0.2) is 11.8 Å². The quantitative estimate of drug-likeness (QED) is 0.669. The summed E-state index contributed by atoms with van der Waals surface area (Å²) in [7, 11) is 0. The van der Waals surface area contributed by atoms with Crippen LogP contribution in [0.2, 0.25) is 5.15 Å². The second-order valence-electron chi connectivity index (χ2n) is 4.54. The molecule has 0 aliphatic heterocycles. The number of esters is 1. The zero-order valence-corrected chi connectivity index (χ0v) is 13.8. The first kappa shape index (κ1) is 16.5. The smallest absolute Gasteiger partial charge is 0.348 e. The molecule has 0 fully saturated rings. The first-order valence-electron chi connectivity index (χ1n) is 6.68. The number of ether oxygens (including phenoxy) is 1. The number of amides is 1. The predicted octanol–water partition coefficient (Wildman–Crippen LogP) is 3.46. The summed E-state index contributed by atoms with van der Waals surface area (Å²) in [5.74, 6) is -0.965. The number of hydrogen-bond donors (Lipinski definition) is 1. The van der Waals surface area contributed by atoms with Gasteiger partial charge in [-0.3, -0.25) is 4.79 Å². The normalized spacial score (nSPS) is 10.3. The van der Waals surface area contributed by atoms with Crippen molar-refractivity contribution in [2.45, 2.75) is 20.3 Å². The number of hydrogen-bond acceptors (Lipinski definition) is 5. The van der Waals surface area contributed by atoms with Gasteiger partial charge < -0.3 is 10.1 Å². The zero-order chi connectivity index (χ0) is 16.1. The summed E-state index contributed by atoms with van der Waals surface area (Å²) in [5.41, 5.74) is 1.44. The molecular formula is C15H15ClN2O3S. The number of thiophene rings is 1. The van der Waals surface area contributed by atoms with Crippen LogP contribution in [0.25, 0.3) is 0 Å². The summed E-state index contributed by atoms with van der Waals surface area (Å²) in [5, 5.41) is 2.72. The Labute approximate surface area is 137 Å². The molecule has 0 saturated carbocycles. The van der Waals surface area contributed by atoms with Crippen LogP contribution in [0.1, 0.15) is 27.0 Å². The first-order chi connectivity index (χ1) is 10.5. The van der Waals surface area contributed by atoms with Gasteiger partial charge in [-0.2, -0.15) is 0 Å². The van der Waals surface area contributed by atoms with Crippen LogP contribution >= 0.6 is 22.9 Å². The molecule has 0 aliphatic rings. The van der Waals surface area contributed by atoms with Gasteiger partial charge in [-0.1, -0.05) is 18.5 Å². The van der Waals surface area contributed by atoms with E-state index in [9.17, 15) is 9.59 Å². The van der Waals surface area contributed by atoms with E-state index >= 15 is 0 Å². The van der Waals surface area contributed by atoms with E-state index in [1.807, 2.05) is 13.8 Å². The second-order valence-corrected chi connectivity index (χ2v) is 6.03. The van der Waals surface area contributed by atoms with Crippen molar-refractivity contribution in [2.75, 3.05) is 11.9 Å². The van der Waals surface area contributed by atoms with Crippen LogP contribution in [0, 0.1) is 6.92 Å². The lowest BCUT2D eigenvalue weighted by Gasteiger charge is -2.06. The number of carbonyl (C=O) groups is 2. The average molecular weight is 339 g/mol. The third kappa shape index (κ3) is 4.05. The fourth-order valence-electron chi connectivity index (χ4n) is 1.84. The van der Waals surface area contributed by atoms with E-state index in [-0.39, 0.29) is 11.8 Å². The summed E-state index contributed by atoms with van der Waals surface area (Å²) in [4.78, 5) is 29.2. The van der Waals surface area contributed by atoms with Gasteiger partial charge in [0.1, 0.15) is 4.88 Å². The lowest BCUT2D eigenvalue weighted by molar-refractivity contribution is -0.119. The highest BCUT2D eigenvalue weighted by atomic mass is 35.5. The molecule has 0 aromatic carbocycles. The minimum atomic E-state index is -0.500. The Morgan fingerprint density at radius 3 is 2.86 bits per heavy atom. The first-order valence-corrected chi connectivity index (χ1v) is 7.87. The van der Waals surface area contributed by atoms with Gasteiger partial charge in [-0.25, -0.2) is 9.78 Å². The third-order valence-corrected chi connectivity index (χ3v) is 4.57. The lowest BCUT2D eigenvalue weighted by atomic mass is 10.2. The SMILES string of the molecule is CCc1sc(C(=O)OCC(=O)Nc2cccnc2Cl)cc1C. The van der Waals surface area contributed by atoms with Crippen molar-refractivity contribution in [3.63, 3.8) is 0 Å². The molecule has 0 bridgehead atoms. The van der Waals surface area contributed by atoms with Crippen molar-refractivity contribution in [3.8, 4) is 0 Å². The minimum absolute atomic E-state index is 0.184. The lowest BCUT2D eigenvalue weighted by Crippen LogP contribution is -2.20. The molecule has 0 saturated heterocycles. The van der Waals surface area contributed by atoms with Gasteiger partial charge in [0.2, 0.25) is 0 Å². The Kier molecular flexibility index (Phi) is 5.51. The number of nitrogens with zero attached hydrogens (tertiary/aromatic N) is 1. The highest BCUT2D eigenvalue weighted by Gasteiger charge is 2.15. The van der Waals surface area contributed by atoms with Crippen LogP contribution in [-0.2, 0) is 16.0 Å². The fraction of sp³-hybridized carbons (Fsp3) is 0.267. The van der Waals surface area contributed by atoms with Crippen LogP contribution in [-0.4, -0.2) is 23.5 Å². The van der Waals surface area contributed by atoms with E-state index in [1.54, 1.807) is 18.2 Å². The number of halogens is 1. The van der Waals surface area contributed by atoms with E-state index < -0.39 is 11.9 Å². The topological polar surface area (TPSA) is 68.3 Å². The molecule has 7 heteroatoms. The van der Waals surface area contributed by atoms with Crippen molar-refractivity contribution in [1.82, 2.24) is 4.98 Å². The van der Waals surface area contributed by atoms with Crippen LogP contribution in [0.5, 0.6) is 0 Å². The summed E-state index contributed by atoms with van der Waals surface area (Å²) < 4.78 is 5.01. The molecule has 2 aromatic rings. The maximum absolute atomic E-state index is 11.9. The van der Waals surface area contributed by atoms with Gasteiger partial charge in [0.25, 0.3) is 5.91 Å². The zero-order valence-electron chi connectivity index (χ0n) is 12.2. The van der Waals surface area contributed by atoms with E-state index in [2.05, 4.69) is 10.3 Å². The van der Waals surface area contributed by atoms with E-state index in [0.29, 0.717) is 10.6 Å². The van der Waals surface area contributed by atoms with Crippen LogP contribution in [0.4, 0.5) is 5.69 Å². The molecule has 5 nitrogen and oxygen atoms in total. The number of anilines is 1. The van der Waals surface area contributed by atoms with E-state index in [0.717, 1.165) is 16.9 Å². The summed E-state index contributed by atoms with van der Waals surface area (Å²) in [6, 6.07) is 5.04. The average Bonchev–Trinajstić information content (AvgIpc) is 2.88. The molecule has 2 heterocycles. The third-order valence-electron chi connectivity index (χ3n) is 2.91. The maximum atomic E-state index is 11.9. The van der Waals surface area contributed by atoms with Crippen LogP contribution < -0.4 is 5.32 Å². The molecule has 0 spiro atoms. The molecule has 0 unspecified atom stereocenters. The van der Waals surface area contributed by atoms with Gasteiger partial charge >= 0.3 is 5.97 Å². The van der Waals surface area contributed by atoms with Crippen molar-refractivity contribution < 1.29 is 14.3 Å². The summed E-state index contributed by atoms with van der Waals surface area (Å²) >= 11 is 7.22. The number of aryl methyl sites for hydroxylation is 2. The van der Waals surface area contributed by atoms with Gasteiger partial charge in [-0.15, -0.1) is 11.3 Å². The Bertz CT molecular complexity index is 700. The molecule has 2 rings (SSSR count). The van der Waals surface area contributed by atoms with Gasteiger partial charge in [0.05, 0.1) is 5.69 Å². The van der Waals surface area contributed by atoms with Crippen molar-refractivity contribution in [1.29, 1.82) is 0 Å². The maximum Gasteiger partial charge on any atom is 0.348 e. The summed E-state index contributed by atoms with van der Waals surface area (Å²) in [6.07, 6.45) is 2.38. The largest absolute Gasteiger partial charge is 0.451 e. The van der Waals surface area contributed by atoms with Gasteiger partial charge in [-0.05, 0) is 37.1 Å². The van der Waals surface area contributed by atoms with E-state index in [4.69, 9.17) is 16.3 Å². The minimum Gasteiger partial charge on any atom is -0.451 e.